The van der Waals surface area contributed by atoms with E-state index in [0.29, 0.717) is 12.2 Å². The van der Waals surface area contributed by atoms with Crippen LogP contribution in [0.3, 0.4) is 0 Å². The monoisotopic (exact) mass is 306 g/mol. The number of hydrogen-bond donors (Lipinski definition) is 2. The number of nitrogens with one attached hydrogen (secondary N) is 2. The van der Waals surface area contributed by atoms with Crippen molar-refractivity contribution in [1.82, 2.24) is 5.32 Å². The van der Waals surface area contributed by atoms with Gasteiger partial charge in [0.15, 0.2) is 0 Å². The van der Waals surface area contributed by atoms with E-state index >= 15 is 0 Å². The van der Waals surface area contributed by atoms with Gasteiger partial charge >= 0.3 is 6.61 Å². The topological polar surface area (TPSA) is 50.4 Å². The molecule has 1 amide bonds. The largest absolute Gasteiger partial charge is 0.435 e. The summed E-state index contributed by atoms with van der Waals surface area (Å²) in [5.41, 5.74) is 1.67. The van der Waals surface area contributed by atoms with Crippen LogP contribution in [0.25, 0.3) is 0 Å². The zero-order valence-electron chi connectivity index (χ0n) is 11.8. The van der Waals surface area contributed by atoms with Gasteiger partial charge in [0.25, 0.3) is 0 Å². The maximum atomic E-state index is 12.0. The Labute approximate surface area is 127 Å². The lowest BCUT2D eigenvalue weighted by Gasteiger charge is -2.09. The second-order valence-electron chi connectivity index (χ2n) is 4.52. The molecule has 22 heavy (non-hydrogen) atoms. The summed E-state index contributed by atoms with van der Waals surface area (Å²) < 4.78 is 28.3. The first-order chi connectivity index (χ1) is 10.6. The highest BCUT2D eigenvalue weighted by Gasteiger charge is 2.04. The van der Waals surface area contributed by atoms with Crippen LogP contribution in [0, 0.1) is 0 Å². The quantitative estimate of drug-likeness (QED) is 0.827. The first kappa shape index (κ1) is 15.8. The minimum Gasteiger partial charge on any atom is -0.435 e. The third kappa shape index (κ3) is 5.40. The fourth-order valence-corrected chi connectivity index (χ4v) is 1.80. The van der Waals surface area contributed by atoms with Crippen LogP contribution in [0.1, 0.15) is 5.56 Å². The van der Waals surface area contributed by atoms with E-state index in [2.05, 4.69) is 15.4 Å². The van der Waals surface area contributed by atoms with Gasteiger partial charge in [-0.15, -0.1) is 0 Å². The van der Waals surface area contributed by atoms with E-state index in [0.717, 1.165) is 5.56 Å². The molecule has 0 atom stereocenters. The van der Waals surface area contributed by atoms with Crippen LogP contribution in [0.4, 0.5) is 14.5 Å². The molecule has 2 N–H and O–H groups in total. The lowest BCUT2D eigenvalue weighted by Crippen LogP contribution is -2.29. The Hall–Kier alpha value is -2.63. The zero-order valence-corrected chi connectivity index (χ0v) is 11.8. The minimum atomic E-state index is -2.84. The van der Waals surface area contributed by atoms with Crippen LogP contribution in [-0.2, 0) is 11.3 Å². The van der Waals surface area contributed by atoms with Gasteiger partial charge < -0.3 is 15.4 Å². The number of benzene rings is 2. The molecule has 0 saturated heterocycles. The van der Waals surface area contributed by atoms with Gasteiger partial charge in [-0.1, -0.05) is 30.3 Å². The third-order valence-corrected chi connectivity index (χ3v) is 2.87. The van der Waals surface area contributed by atoms with Crippen molar-refractivity contribution < 1.29 is 18.3 Å². The lowest BCUT2D eigenvalue weighted by molar-refractivity contribution is -0.119. The van der Waals surface area contributed by atoms with Crippen molar-refractivity contribution in [1.29, 1.82) is 0 Å². The fraction of sp³-hybridized carbons (Fsp3) is 0.188. The summed E-state index contributed by atoms with van der Waals surface area (Å²) in [6, 6.07) is 15.5. The van der Waals surface area contributed by atoms with E-state index in [1.54, 1.807) is 12.1 Å². The number of amides is 1. The SMILES string of the molecule is O=C(CNc1ccc(OC(F)F)cc1)NCc1ccccc1. The molecule has 0 aliphatic heterocycles. The van der Waals surface area contributed by atoms with Crippen molar-refractivity contribution in [2.24, 2.45) is 0 Å². The number of carbonyl (C=O) groups excluding carboxylic acids is 1. The fourth-order valence-electron chi connectivity index (χ4n) is 1.80. The number of alkyl halides is 2. The first-order valence-corrected chi connectivity index (χ1v) is 6.73. The number of carbonyl (C=O) groups is 1. The highest BCUT2D eigenvalue weighted by atomic mass is 19.3. The molecule has 0 saturated carbocycles. The Morgan fingerprint density at radius 1 is 1.05 bits per heavy atom. The molecule has 0 fully saturated rings. The van der Waals surface area contributed by atoms with E-state index in [9.17, 15) is 13.6 Å². The zero-order chi connectivity index (χ0) is 15.8. The molecule has 4 nitrogen and oxygen atoms in total. The van der Waals surface area contributed by atoms with E-state index in [4.69, 9.17) is 0 Å². The van der Waals surface area contributed by atoms with Gasteiger partial charge in [0.05, 0.1) is 6.54 Å². The molecule has 2 aromatic rings. The standard InChI is InChI=1S/C16H16F2N2O2/c17-16(18)22-14-8-6-13(7-9-14)19-11-15(21)20-10-12-4-2-1-3-5-12/h1-9,16,19H,10-11H2,(H,20,21). The molecule has 2 aromatic carbocycles. The molecule has 0 spiro atoms. The molecule has 0 bridgehead atoms. The van der Waals surface area contributed by atoms with Gasteiger partial charge in [0.1, 0.15) is 5.75 Å². The molecule has 0 unspecified atom stereocenters. The normalized spacial score (nSPS) is 10.3. The molecular formula is C16H16F2N2O2. The smallest absolute Gasteiger partial charge is 0.387 e. The average molecular weight is 306 g/mol. The molecule has 116 valence electrons. The Bertz CT molecular complexity index is 589. The average Bonchev–Trinajstić information content (AvgIpc) is 2.53. The van der Waals surface area contributed by atoms with Gasteiger partial charge in [-0.3, -0.25) is 4.79 Å². The molecule has 0 heterocycles. The summed E-state index contributed by atoms with van der Waals surface area (Å²) >= 11 is 0. The molecule has 2 rings (SSSR count). The highest BCUT2D eigenvalue weighted by Crippen LogP contribution is 2.17. The van der Waals surface area contributed by atoms with Crippen LogP contribution in [0.15, 0.2) is 54.6 Å². The van der Waals surface area contributed by atoms with Gasteiger partial charge in [0.2, 0.25) is 5.91 Å². The van der Waals surface area contributed by atoms with E-state index in [1.165, 1.54) is 12.1 Å². The maximum Gasteiger partial charge on any atom is 0.387 e. The van der Waals surface area contributed by atoms with Gasteiger partial charge in [-0.05, 0) is 29.8 Å². The van der Waals surface area contributed by atoms with E-state index < -0.39 is 6.61 Å². The first-order valence-electron chi connectivity index (χ1n) is 6.73. The third-order valence-electron chi connectivity index (χ3n) is 2.87. The summed E-state index contributed by atoms with van der Waals surface area (Å²) in [6.07, 6.45) is 0. The van der Waals surface area contributed by atoms with E-state index in [-0.39, 0.29) is 18.2 Å². The van der Waals surface area contributed by atoms with Crippen LogP contribution >= 0.6 is 0 Å². The summed E-state index contributed by atoms with van der Waals surface area (Å²) in [7, 11) is 0. The predicted octanol–water partition coefficient (Wildman–Crippen LogP) is 3.02. The summed E-state index contributed by atoms with van der Waals surface area (Å²) in [4.78, 5) is 11.7. The van der Waals surface area contributed by atoms with Gasteiger partial charge in [0, 0.05) is 12.2 Å². The molecule has 0 aliphatic rings. The number of halogens is 2. The van der Waals surface area contributed by atoms with Crippen molar-refractivity contribution in [2.45, 2.75) is 13.2 Å². The summed E-state index contributed by atoms with van der Waals surface area (Å²) in [6.45, 7) is -2.28. The molecular weight excluding hydrogens is 290 g/mol. The maximum absolute atomic E-state index is 12.0. The molecule has 6 heteroatoms. The van der Waals surface area contributed by atoms with Crippen molar-refractivity contribution in [3.05, 3.63) is 60.2 Å². The van der Waals surface area contributed by atoms with Crippen molar-refractivity contribution in [2.75, 3.05) is 11.9 Å². The number of rotatable bonds is 7. The van der Waals surface area contributed by atoms with Crippen LogP contribution < -0.4 is 15.4 Å². The Morgan fingerprint density at radius 2 is 1.73 bits per heavy atom. The van der Waals surface area contributed by atoms with Crippen molar-refractivity contribution in [3.63, 3.8) is 0 Å². The number of ether oxygens (including phenoxy) is 1. The van der Waals surface area contributed by atoms with Crippen LogP contribution in [0.2, 0.25) is 0 Å². The van der Waals surface area contributed by atoms with Crippen molar-refractivity contribution in [3.8, 4) is 5.75 Å². The van der Waals surface area contributed by atoms with Crippen LogP contribution in [-0.4, -0.2) is 19.1 Å². The highest BCUT2D eigenvalue weighted by molar-refractivity contribution is 5.80. The summed E-state index contributed by atoms with van der Waals surface area (Å²) in [5, 5.41) is 5.69. The number of anilines is 1. The van der Waals surface area contributed by atoms with Crippen molar-refractivity contribution >= 4 is 11.6 Å². The van der Waals surface area contributed by atoms with Gasteiger partial charge in [-0.25, -0.2) is 0 Å². The number of hydrogen-bond acceptors (Lipinski definition) is 3. The molecule has 0 aromatic heterocycles. The van der Waals surface area contributed by atoms with E-state index in [1.807, 2.05) is 30.3 Å². The van der Waals surface area contributed by atoms with Crippen LogP contribution in [0.5, 0.6) is 5.75 Å². The second-order valence-corrected chi connectivity index (χ2v) is 4.52. The Balaban J connectivity index is 1.74. The molecule has 0 aliphatic carbocycles. The lowest BCUT2D eigenvalue weighted by atomic mass is 10.2. The van der Waals surface area contributed by atoms with Gasteiger partial charge in [-0.2, -0.15) is 8.78 Å². The Kier molecular flexibility index (Phi) is 5.71. The Morgan fingerprint density at radius 3 is 2.36 bits per heavy atom. The molecule has 0 radical (unpaired) electrons. The second kappa shape index (κ2) is 7.97. The minimum absolute atomic E-state index is 0.0779. The predicted molar refractivity (Wildman–Crippen MR) is 79.9 cm³/mol. The summed E-state index contributed by atoms with van der Waals surface area (Å²) in [5.74, 6) is -0.0779.